The van der Waals surface area contributed by atoms with Gasteiger partial charge >= 0.3 is 5.97 Å². The van der Waals surface area contributed by atoms with Crippen molar-refractivity contribution in [2.45, 2.75) is 44.3 Å². The van der Waals surface area contributed by atoms with Crippen LogP contribution in [0.2, 0.25) is 0 Å². The smallest absolute Gasteiger partial charge is 0.308 e. The van der Waals surface area contributed by atoms with Crippen LogP contribution in [0.1, 0.15) is 30.9 Å². The van der Waals surface area contributed by atoms with Gasteiger partial charge in [-0.15, -0.1) is 0 Å². The molecule has 5 rings (SSSR count). The van der Waals surface area contributed by atoms with Crippen LogP contribution in [0.3, 0.4) is 0 Å². The number of carboxylic acid groups (broad SMARTS) is 1. The molecule has 1 saturated heterocycles. The van der Waals surface area contributed by atoms with Gasteiger partial charge in [0, 0.05) is 12.6 Å². The summed E-state index contributed by atoms with van der Waals surface area (Å²) in [5.41, 5.74) is 2.16. The summed E-state index contributed by atoms with van der Waals surface area (Å²) in [7, 11) is 0. The maximum absolute atomic E-state index is 12.1. The van der Waals surface area contributed by atoms with Crippen molar-refractivity contribution >= 4 is 5.97 Å². The highest BCUT2D eigenvalue weighted by Crippen LogP contribution is 2.49. The fourth-order valence-electron chi connectivity index (χ4n) is 5.13. The summed E-state index contributed by atoms with van der Waals surface area (Å²) in [6.07, 6.45) is 6.99. The average Bonchev–Trinajstić information content (AvgIpc) is 2.71. The third-order valence-corrected chi connectivity index (χ3v) is 6.52. The Bertz CT molecular complexity index is 817. The van der Waals surface area contributed by atoms with Crippen molar-refractivity contribution in [2.24, 2.45) is 11.8 Å². The largest absolute Gasteiger partial charge is 0.481 e. The van der Waals surface area contributed by atoms with Gasteiger partial charge in [0.1, 0.15) is 0 Å². The first-order chi connectivity index (χ1) is 13.1. The minimum absolute atomic E-state index is 0.281. The van der Waals surface area contributed by atoms with Crippen LogP contribution >= 0.6 is 0 Å². The van der Waals surface area contributed by atoms with Gasteiger partial charge in [-0.25, -0.2) is 0 Å². The molecular weight excluding hydrogens is 334 g/mol. The highest BCUT2D eigenvalue weighted by molar-refractivity contribution is 5.73. The fraction of sp³-hybridized carbons (Fsp3) is 0.375. The van der Waals surface area contributed by atoms with Gasteiger partial charge in [0.05, 0.1) is 11.5 Å². The van der Waals surface area contributed by atoms with E-state index in [2.05, 4.69) is 72.5 Å². The average molecular weight is 361 g/mol. The van der Waals surface area contributed by atoms with E-state index in [0.717, 1.165) is 25.8 Å². The van der Waals surface area contributed by atoms with Gasteiger partial charge in [-0.3, -0.25) is 9.69 Å². The van der Waals surface area contributed by atoms with Crippen molar-refractivity contribution in [3.63, 3.8) is 0 Å². The van der Waals surface area contributed by atoms with E-state index in [4.69, 9.17) is 0 Å². The molecule has 1 N–H and O–H groups in total. The summed E-state index contributed by atoms with van der Waals surface area (Å²) in [5.74, 6) is -0.723. The number of rotatable bonds is 6. The molecule has 3 aliphatic rings. The molecule has 0 spiro atoms. The number of fused-ring (bicyclic) bond motifs is 2. The molecule has 0 aromatic heterocycles. The molecule has 0 radical (unpaired) electrons. The molecule has 1 aliphatic carbocycles. The lowest BCUT2D eigenvalue weighted by molar-refractivity contribution is -0.155. The van der Waals surface area contributed by atoms with Crippen LogP contribution in [0.4, 0.5) is 0 Å². The highest BCUT2D eigenvalue weighted by Gasteiger charge is 2.55. The van der Waals surface area contributed by atoms with E-state index < -0.39 is 11.5 Å². The summed E-state index contributed by atoms with van der Waals surface area (Å²) in [5, 5.41) is 9.96. The van der Waals surface area contributed by atoms with Crippen LogP contribution in [0.5, 0.6) is 0 Å². The van der Waals surface area contributed by atoms with Gasteiger partial charge < -0.3 is 5.11 Å². The van der Waals surface area contributed by atoms with Gasteiger partial charge in [0.2, 0.25) is 0 Å². The highest BCUT2D eigenvalue weighted by atomic mass is 16.4. The molecule has 3 heteroatoms. The Morgan fingerprint density at radius 2 is 1.70 bits per heavy atom. The molecule has 4 unspecified atom stereocenters. The molecular formula is C24H27NO2. The second-order valence-corrected chi connectivity index (χ2v) is 7.86. The number of hydrogen-bond acceptors (Lipinski definition) is 2. The minimum Gasteiger partial charge on any atom is -0.481 e. The standard InChI is InChI=1S/C24H27NO2/c1-2-24-14-13-20(16-21(24)23(26)27)22(15-18-9-5-3-6-10-18)25(24)17-19-11-7-4-8-12-19/h3-14,20-22H,2,15-17H2,1H3,(H,26,27). The summed E-state index contributed by atoms with van der Waals surface area (Å²) in [6.45, 7) is 2.92. The second kappa shape index (κ2) is 7.32. The zero-order valence-electron chi connectivity index (χ0n) is 15.8. The first kappa shape index (κ1) is 18.0. The van der Waals surface area contributed by atoms with Gasteiger partial charge in [0.15, 0.2) is 0 Å². The summed E-state index contributed by atoms with van der Waals surface area (Å²) < 4.78 is 0. The summed E-state index contributed by atoms with van der Waals surface area (Å²) in [6, 6.07) is 21.4. The number of hydrogen-bond donors (Lipinski definition) is 1. The second-order valence-electron chi connectivity index (χ2n) is 7.86. The van der Waals surface area contributed by atoms with Crippen LogP contribution in [0, 0.1) is 11.8 Å². The van der Waals surface area contributed by atoms with E-state index in [-0.39, 0.29) is 11.8 Å². The topological polar surface area (TPSA) is 40.5 Å². The Balaban J connectivity index is 1.73. The Kier molecular flexibility index (Phi) is 4.88. The lowest BCUT2D eigenvalue weighted by Crippen LogP contribution is -2.66. The fourth-order valence-corrected chi connectivity index (χ4v) is 5.13. The molecule has 2 aromatic carbocycles. The van der Waals surface area contributed by atoms with E-state index in [1.165, 1.54) is 11.1 Å². The van der Waals surface area contributed by atoms with Crippen molar-refractivity contribution in [3.05, 3.63) is 83.9 Å². The Morgan fingerprint density at radius 1 is 1.07 bits per heavy atom. The van der Waals surface area contributed by atoms with Crippen molar-refractivity contribution in [1.82, 2.24) is 4.90 Å². The zero-order chi connectivity index (χ0) is 18.9. The van der Waals surface area contributed by atoms with E-state index in [0.29, 0.717) is 6.04 Å². The normalized spacial score (nSPS) is 29.7. The number of piperidine rings is 1. The lowest BCUT2D eigenvalue weighted by atomic mass is 9.63. The van der Waals surface area contributed by atoms with E-state index >= 15 is 0 Å². The molecule has 3 nitrogen and oxygen atoms in total. The van der Waals surface area contributed by atoms with Crippen LogP contribution in [0.15, 0.2) is 72.8 Å². The predicted molar refractivity (Wildman–Crippen MR) is 107 cm³/mol. The van der Waals surface area contributed by atoms with E-state index in [1.54, 1.807) is 0 Å². The first-order valence-electron chi connectivity index (χ1n) is 9.91. The number of carboxylic acids is 1. The maximum atomic E-state index is 12.1. The SMILES string of the molecule is CCC12C=CC(CC1C(=O)O)C(Cc1ccccc1)N2Cc1ccccc1. The third-order valence-electron chi connectivity index (χ3n) is 6.52. The van der Waals surface area contributed by atoms with Crippen LogP contribution in [-0.2, 0) is 17.8 Å². The number of carbonyl (C=O) groups is 1. The van der Waals surface area contributed by atoms with Gasteiger partial charge in [0.25, 0.3) is 0 Å². The summed E-state index contributed by atoms with van der Waals surface area (Å²) in [4.78, 5) is 14.6. The monoisotopic (exact) mass is 361 g/mol. The Labute approximate surface area is 161 Å². The van der Waals surface area contributed by atoms with Crippen molar-refractivity contribution in [2.75, 3.05) is 0 Å². The van der Waals surface area contributed by atoms with Crippen LogP contribution in [-0.4, -0.2) is 27.6 Å². The molecule has 2 aliphatic heterocycles. The van der Waals surface area contributed by atoms with Crippen molar-refractivity contribution in [1.29, 1.82) is 0 Å². The first-order valence-corrected chi connectivity index (χ1v) is 9.91. The molecule has 2 aromatic rings. The molecule has 27 heavy (non-hydrogen) atoms. The molecule has 140 valence electrons. The van der Waals surface area contributed by atoms with E-state index in [1.807, 2.05) is 12.1 Å². The van der Waals surface area contributed by atoms with Gasteiger partial charge in [-0.2, -0.15) is 0 Å². The minimum atomic E-state index is -0.664. The van der Waals surface area contributed by atoms with Crippen molar-refractivity contribution in [3.8, 4) is 0 Å². The van der Waals surface area contributed by atoms with Crippen LogP contribution < -0.4 is 0 Å². The van der Waals surface area contributed by atoms with Crippen molar-refractivity contribution < 1.29 is 9.90 Å². The van der Waals surface area contributed by atoms with E-state index in [9.17, 15) is 9.90 Å². The molecule has 2 heterocycles. The van der Waals surface area contributed by atoms with Gasteiger partial charge in [-0.1, -0.05) is 79.7 Å². The predicted octanol–water partition coefficient (Wildman–Crippen LogP) is 4.54. The Morgan fingerprint density at radius 3 is 2.30 bits per heavy atom. The zero-order valence-corrected chi connectivity index (χ0v) is 15.8. The Hall–Kier alpha value is -2.39. The quantitative estimate of drug-likeness (QED) is 0.768. The molecule has 2 bridgehead atoms. The van der Waals surface area contributed by atoms with Gasteiger partial charge in [-0.05, 0) is 36.3 Å². The van der Waals surface area contributed by atoms with Crippen LogP contribution in [0.25, 0.3) is 0 Å². The lowest BCUT2D eigenvalue weighted by Gasteiger charge is -2.58. The molecule has 0 saturated carbocycles. The third kappa shape index (κ3) is 3.21. The molecule has 4 atom stereocenters. The number of nitrogens with zero attached hydrogens (tertiary/aromatic N) is 1. The molecule has 1 fully saturated rings. The molecule has 0 amide bonds. The number of benzene rings is 2. The number of aliphatic carboxylic acids is 1. The maximum Gasteiger partial charge on any atom is 0.308 e. The summed E-state index contributed by atoms with van der Waals surface area (Å²) >= 11 is 0.